The van der Waals surface area contributed by atoms with Gasteiger partial charge in [-0.1, -0.05) is 24.8 Å². The summed E-state index contributed by atoms with van der Waals surface area (Å²) in [5.41, 5.74) is 2.93. The number of aromatic nitrogens is 1. The van der Waals surface area contributed by atoms with Gasteiger partial charge in [-0.15, -0.1) is 0 Å². The normalized spacial score (nSPS) is 9.83. The van der Waals surface area contributed by atoms with E-state index in [4.69, 9.17) is 4.74 Å². The second kappa shape index (κ2) is 5.27. The predicted octanol–water partition coefficient (Wildman–Crippen LogP) is 2.93. The summed E-state index contributed by atoms with van der Waals surface area (Å²) in [6.45, 7) is 4.01. The Balaban J connectivity index is 2.35. The summed E-state index contributed by atoms with van der Waals surface area (Å²) in [4.78, 5) is 15.7. The topological polar surface area (TPSA) is 39.2 Å². The molecule has 0 fully saturated rings. The van der Waals surface area contributed by atoms with Crippen LogP contribution in [0.4, 0.5) is 0 Å². The molecule has 0 spiro atoms. The average Bonchev–Trinajstić information content (AvgIpc) is 2.46. The Hall–Kier alpha value is -2.42. The number of esters is 1. The van der Waals surface area contributed by atoms with Gasteiger partial charge < -0.3 is 4.74 Å². The zero-order chi connectivity index (χ0) is 13.0. The summed E-state index contributed by atoms with van der Waals surface area (Å²) < 4.78 is 4.69. The van der Waals surface area contributed by atoms with E-state index in [0.717, 1.165) is 16.8 Å². The molecule has 0 saturated heterocycles. The Kier molecular flexibility index (Phi) is 3.53. The first-order valence-corrected chi connectivity index (χ1v) is 5.51. The number of benzene rings is 1. The summed E-state index contributed by atoms with van der Waals surface area (Å²) in [5.74, 6) is -0.356. The van der Waals surface area contributed by atoms with Crippen LogP contribution in [0.2, 0.25) is 0 Å². The minimum atomic E-state index is -0.356. The standard InChI is InChI=1S/C15H13NO2/c1-11(14-8-3-4-9-16-14)12-6-5-7-13(10-12)15(17)18-2/h3-10H,1H2,2H3. The van der Waals surface area contributed by atoms with Gasteiger partial charge in [0.15, 0.2) is 0 Å². The van der Waals surface area contributed by atoms with Crippen LogP contribution >= 0.6 is 0 Å². The van der Waals surface area contributed by atoms with Crippen LogP contribution in [0.5, 0.6) is 0 Å². The number of nitrogens with zero attached hydrogens (tertiary/aromatic N) is 1. The average molecular weight is 239 g/mol. The fraction of sp³-hybridized carbons (Fsp3) is 0.0667. The summed E-state index contributed by atoms with van der Waals surface area (Å²) in [5, 5.41) is 0. The van der Waals surface area contributed by atoms with E-state index in [1.807, 2.05) is 24.3 Å². The maximum absolute atomic E-state index is 11.5. The van der Waals surface area contributed by atoms with E-state index in [1.165, 1.54) is 7.11 Å². The number of rotatable bonds is 3. The van der Waals surface area contributed by atoms with Gasteiger partial charge in [0.1, 0.15) is 0 Å². The summed E-state index contributed by atoms with van der Waals surface area (Å²) in [6, 6.07) is 12.8. The molecular formula is C15H13NO2. The van der Waals surface area contributed by atoms with E-state index in [-0.39, 0.29) is 5.97 Å². The van der Waals surface area contributed by atoms with E-state index < -0.39 is 0 Å². The molecule has 2 aromatic rings. The van der Waals surface area contributed by atoms with E-state index in [2.05, 4.69) is 11.6 Å². The highest BCUT2D eigenvalue weighted by molar-refractivity contribution is 5.91. The molecule has 18 heavy (non-hydrogen) atoms. The van der Waals surface area contributed by atoms with Crippen molar-refractivity contribution in [1.29, 1.82) is 0 Å². The number of carbonyl (C=O) groups is 1. The summed E-state index contributed by atoms with van der Waals surface area (Å²) in [7, 11) is 1.36. The minimum absolute atomic E-state index is 0.356. The molecule has 3 heteroatoms. The summed E-state index contributed by atoms with van der Waals surface area (Å²) in [6.07, 6.45) is 1.71. The Bertz CT molecular complexity index is 576. The van der Waals surface area contributed by atoms with Crippen molar-refractivity contribution in [3.05, 3.63) is 72.1 Å². The van der Waals surface area contributed by atoms with Gasteiger partial charge in [0.05, 0.1) is 18.4 Å². The number of pyridine rings is 1. The van der Waals surface area contributed by atoms with Crippen molar-refractivity contribution in [2.45, 2.75) is 0 Å². The molecule has 0 unspecified atom stereocenters. The highest BCUT2D eigenvalue weighted by Gasteiger charge is 2.08. The second-order valence-corrected chi connectivity index (χ2v) is 3.77. The van der Waals surface area contributed by atoms with Crippen molar-refractivity contribution in [2.75, 3.05) is 7.11 Å². The third-order valence-electron chi connectivity index (χ3n) is 2.61. The van der Waals surface area contributed by atoms with E-state index in [1.54, 1.807) is 24.4 Å². The number of carbonyl (C=O) groups excluding carboxylic acids is 1. The van der Waals surface area contributed by atoms with Crippen molar-refractivity contribution >= 4 is 11.5 Å². The quantitative estimate of drug-likeness (QED) is 0.773. The van der Waals surface area contributed by atoms with Crippen LogP contribution in [0.25, 0.3) is 5.57 Å². The molecule has 1 aromatic heterocycles. The van der Waals surface area contributed by atoms with Gasteiger partial charge in [-0.2, -0.15) is 0 Å². The van der Waals surface area contributed by atoms with E-state index >= 15 is 0 Å². The summed E-state index contributed by atoms with van der Waals surface area (Å²) >= 11 is 0. The molecule has 0 aliphatic rings. The van der Waals surface area contributed by atoms with Crippen LogP contribution in [0.3, 0.4) is 0 Å². The van der Waals surface area contributed by atoms with Crippen LogP contribution in [0.15, 0.2) is 55.2 Å². The lowest BCUT2D eigenvalue weighted by Crippen LogP contribution is -2.01. The minimum Gasteiger partial charge on any atom is -0.465 e. The lowest BCUT2D eigenvalue weighted by Gasteiger charge is -2.06. The molecule has 0 radical (unpaired) electrons. The van der Waals surface area contributed by atoms with Crippen molar-refractivity contribution in [3.63, 3.8) is 0 Å². The second-order valence-electron chi connectivity index (χ2n) is 3.77. The lowest BCUT2D eigenvalue weighted by molar-refractivity contribution is 0.0600. The van der Waals surface area contributed by atoms with Gasteiger partial charge in [0, 0.05) is 11.8 Å². The molecule has 0 aliphatic heterocycles. The largest absolute Gasteiger partial charge is 0.465 e. The maximum atomic E-state index is 11.5. The molecule has 0 bridgehead atoms. The van der Waals surface area contributed by atoms with Crippen LogP contribution < -0.4 is 0 Å². The molecule has 90 valence electrons. The first-order chi connectivity index (χ1) is 8.72. The molecule has 0 amide bonds. The molecule has 3 nitrogen and oxygen atoms in total. The Morgan fingerprint density at radius 2 is 1.94 bits per heavy atom. The molecule has 2 rings (SSSR count). The first-order valence-electron chi connectivity index (χ1n) is 5.51. The number of methoxy groups -OCH3 is 1. The maximum Gasteiger partial charge on any atom is 0.337 e. The van der Waals surface area contributed by atoms with Gasteiger partial charge >= 0.3 is 5.97 Å². The number of ether oxygens (including phenoxy) is 1. The predicted molar refractivity (Wildman–Crippen MR) is 70.2 cm³/mol. The smallest absolute Gasteiger partial charge is 0.337 e. The zero-order valence-corrected chi connectivity index (χ0v) is 10.1. The first kappa shape index (κ1) is 12.0. The zero-order valence-electron chi connectivity index (χ0n) is 10.1. The molecular weight excluding hydrogens is 226 g/mol. The molecule has 0 N–H and O–H groups in total. The molecule has 1 heterocycles. The third-order valence-corrected chi connectivity index (χ3v) is 2.61. The fourth-order valence-electron chi connectivity index (χ4n) is 1.64. The monoisotopic (exact) mass is 239 g/mol. The van der Waals surface area contributed by atoms with Crippen LogP contribution in [-0.4, -0.2) is 18.1 Å². The van der Waals surface area contributed by atoms with Crippen molar-refractivity contribution in [1.82, 2.24) is 4.98 Å². The van der Waals surface area contributed by atoms with Crippen LogP contribution in [-0.2, 0) is 4.74 Å². The van der Waals surface area contributed by atoms with E-state index in [9.17, 15) is 4.79 Å². The van der Waals surface area contributed by atoms with Gasteiger partial charge in [0.25, 0.3) is 0 Å². The van der Waals surface area contributed by atoms with Gasteiger partial charge in [-0.25, -0.2) is 4.79 Å². The molecule has 0 atom stereocenters. The molecule has 0 saturated carbocycles. The Labute approximate surface area is 106 Å². The van der Waals surface area contributed by atoms with Gasteiger partial charge in [-0.05, 0) is 29.8 Å². The van der Waals surface area contributed by atoms with Crippen LogP contribution in [0, 0.1) is 0 Å². The highest BCUT2D eigenvalue weighted by atomic mass is 16.5. The Morgan fingerprint density at radius 1 is 1.17 bits per heavy atom. The number of hydrogen-bond donors (Lipinski definition) is 0. The molecule has 0 aliphatic carbocycles. The van der Waals surface area contributed by atoms with Crippen molar-refractivity contribution < 1.29 is 9.53 Å². The van der Waals surface area contributed by atoms with Crippen LogP contribution in [0.1, 0.15) is 21.6 Å². The van der Waals surface area contributed by atoms with Gasteiger partial charge in [-0.3, -0.25) is 4.98 Å². The highest BCUT2D eigenvalue weighted by Crippen LogP contribution is 2.20. The third kappa shape index (κ3) is 2.46. The van der Waals surface area contributed by atoms with E-state index in [0.29, 0.717) is 5.56 Å². The SMILES string of the molecule is C=C(c1cccc(C(=O)OC)c1)c1ccccn1. The lowest BCUT2D eigenvalue weighted by atomic mass is 10.0. The molecule has 1 aromatic carbocycles. The van der Waals surface area contributed by atoms with Crippen molar-refractivity contribution in [3.8, 4) is 0 Å². The fourth-order valence-corrected chi connectivity index (χ4v) is 1.64. The number of hydrogen-bond acceptors (Lipinski definition) is 3. The van der Waals surface area contributed by atoms with Gasteiger partial charge in [0.2, 0.25) is 0 Å². The Morgan fingerprint density at radius 3 is 2.61 bits per heavy atom. The van der Waals surface area contributed by atoms with Crippen molar-refractivity contribution in [2.24, 2.45) is 0 Å².